The molecule has 0 spiro atoms. The van der Waals surface area contributed by atoms with Crippen molar-refractivity contribution in [3.05, 3.63) is 35.4 Å². The van der Waals surface area contributed by atoms with Gasteiger partial charge < -0.3 is 5.32 Å². The lowest BCUT2D eigenvalue weighted by atomic mass is 10.0. The first-order chi connectivity index (χ1) is 9.04. The van der Waals surface area contributed by atoms with Gasteiger partial charge in [-0.25, -0.2) is 0 Å². The molecular formula is C16H24ClNO. The zero-order valence-electron chi connectivity index (χ0n) is 12.1. The van der Waals surface area contributed by atoms with Crippen LogP contribution in [0.4, 0.5) is 0 Å². The summed E-state index contributed by atoms with van der Waals surface area (Å²) in [6.07, 6.45) is 2.03. The number of hydrogen-bond donors (Lipinski definition) is 1. The van der Waals surface area contributed by atoms with Gasteiger partial charge in [0.1, 0.15) is 0 Å². The van der Waals surface area contributed by atoms with Gasteiger partial charge in [-0.15, -0.1) is 11.6 Å². The van der Waals surface area contributed by atoms with E-state index in [1.807, 2.05) is 24.3 Å². The van der Waals surface area contributed by atoms with Crippen LogP contribution >= 0.6 is 11.6 Å². The molecule has 1 N–H and O–H groups in total. The van der Waals surface area contributed by atoms with Gasteiger partial charge in [0.15, 0.2) is 0 Å². The lowest BCUT2D eigenvalue weighted by Crippen LogP contribution is -2.24. The molecule has 0 heterocycles. The average Bonchev–Trinajstić information content (AvgIpc) is 2.43. The third-order valence-electron chi connectivity index (χ3n) is 3.26. The second kappa shape index (κ2) is 8.21. The molecule has 1 rings (SSSR count). The van der Waals surface area contributed by atoms with E-state index in [9.17, 15) is 4.79 Å². The summed E-state index contributed by atoms with van der Waals surface area (Å²) in [5, 5.41) is 2.95. The zero-order valence-corrected chi connectivity index (χ0v) is 12.8. The number of benzene rings is 1. The molecule has 0 bridgehead atoms. The van der Waals surface area contributed by atoms with Gasteiger partial charge in [0.05, 0.1) is 0 Å². The van der Waals surface area contributed by atoms with Crippen molar-refractivity contribution in [2.75, 3.05) is 12.4 Å². The molecule has 0 fully saturated rings. The summed E-state index contributed by atoms with van der Waals surface area (Å²) in [6, 6.07) is 7.84. The molecule has 0 aliphatic carbocycles. The van der Waals surface area contributed by atoms with E-state index in [1.54, 1.807) is 0 Å². The molecule has 1 aromatic rings. The van der Waals surface area contributed by atoms with E-state index >= 15 is 0 Å². The molecule has 0 saturated carbocycles. The molecule has 1 unspecified atom stereocenters. The number of amides is 1. The van der Waals surface area contributed by atoms with Crippen LogP contribution in [0.1, 0.15) is 55.5 Å². The van der Waals surface area contributed by atoms with Crippen molar-refractivity contribution < 1.29 is 4.79 Å². The van der Waals surface area contributed by atoms with Gasteiger partial charge in [-0.3, -0.25) is 4.79 Å². The minimum atomic E-state index is 0.00818. The summed E-state index contributed by atoms with van der Waals surface area (Å²) >= 11 is 5.74. The molecule has 1 atom stereocenters. The van der Waals surface area contributed by atoms with Crippen LogP contribution in [0.15, 0.2) is 24.3 Å². The Bertz CT molecular complexity index is 386. The van der Waals surface area contributed by atoms with Gasteiger partial charge in [-0.1, -0.05) is 32.9 Å². The number of carbonyl (C=O) groups is 1. The summed E-state index contributed by atoms with van der Waals surface area (Å²) in [5.74, 6) is 1.71. The van der Waals surface area contributed by atoms with Crippen molar-refractivity contribution in [3.8, 4) is 0 Å². The summed E-state index contributed by atoms with van der Waals surface area (Å²) in [6.45, 7) is 7.13. The van der Waals surface area contributed by atoms with Gasteiger partial charge in [0.25, 0.3) is 5.91 Å². The predicted molar refractivity (Wildman–Crippen MR) is 82.0 cm³/mol. The fourth-order valence-electron chi connectivity index (χ4n) is 1.85. The minimum absolute atomic E-state index is 0.00818. The molecule has 0 aliphatic rings. The van der Waals surface area contributed by atoms with E-state index in [4.69, 9.17) is 11.6 Å². The molecule has 1 amide bonds. The maximum Gasteiger partial charge on any atom is 0.251 e. The Balaban J connectivity index is 2.37. The van der Waals surface area contributed by atoms with E-state index < -0.39 is 0 Å². The van der Waals surface area contributed by atoms with E-state index in [0.29, 0.717) is 24.3 Å². The molecule has 19 heavy (non-hydrogen) atoms. The zero-order chi connectivity index (χ0) is 14.3. The standard InChI is InChI=1S/C16H24ClNO/c1-12(2)14-6-8-15(9-7-14)16(19)18-10-4-5-13(3)11-17/h6-9,12-13H,4-5,10-11H2,1-3H3,(H,18,19). The molecular weight excluding hydrogens is 258 g/mol. The molecule has 0 aliphatic heterocycles. The number of alkyl halides is 1. The van der Waals surface area contributed by atoms with Crippen LogP contribution in [0.25, 0.3) is 0 Å². The lowest BCUT2D eigenvalue weighted by Gasteiger charge is -2.09. The molecule has 3 heteroatoms. The quantitative estimate of drug-likeness (QED) is 0.589. The SMILES string of the molecule is CC(CCl)CCCNC(=O)c1ccc(C(C)C)cc1. The Kier molecular flexibility index (Phi) is 6.93. The topological polar surface area (TPSA) is 29.1 Å². The van der Waals surface area contributed by atoms with Gasteiger partial charge >= 0.3 is 0 Å². The van der Waals surface area contributed by atoms with Crippen molar-refractivity contribution in [3.63, 3.8) is 0 Å². The van der Waals surface area contributed by atoms with Crippen LogP contribution in [-0.4, -0.2) is 18.3 Å². The Morgan fingerprint density at radius 3 is 2.37 bits per heavy atom. The molecule has 0 aromatic heterocycles. The van der Waals surface area contributed by atoms with Crippen LogP contribution < -0.4 is 5.32 Å². The van der Waals surface area contributed by atoms with Gasteiger partial charge in [-0.2, -0.15) is 0 Å². The fourth-order valence-corrected chi connectivity index (χ4v) is 2.01. The number of hydrogen-bond acceptors (Lipinski definition) is 1. The fraction of sp³-hybridized carbons (Fsp3) is 0.562. The summed E-state index contributed by atoms with van der Waals surface area (Å²) < 4.78 is 0. The first-order valence-electron chi connectivity index (χ1n) is 6.98. The number of halogens is 1. The smallest absolute Gasteiger partial charge is 0.251 e. The number of rotatable bonds is 7. The van der Waals surface area contributed by atoms with Crippen molar-refractivity contribution >= 4 is 17.5 Å². The molecule has 0 saturated heterocycles. The largest absolute Gasteiger partial charge is 0.352 e. The molecule has 2 nitrogen and oxygen atoms in total. The molecule has 106 valence electrons. The predicted octanol–water partition coefficient (Wildman–Crippen LogP) is 4.19. The Labute approximate surface area is 121 Å². The van der Waals surface area contributed by atoms with Crippen molar-refractivity contribution in [1.29, 1.82) is 0 Å². The average molecular weight is 282 g/mol. The Hall–Kier alpha value is -1.02. The van der Waals surface area contributed by atoms with Crippen molar-refractivity contribution in [2.45, 2.75) is 39.5 Å². The highest BCUT2D eigenvalue weighted by Crippen LogP contribution is 2.14. The van der Waals surface area contributed by atoms with E-state index in [2.05, 4.69) is 26.1 Å². The van der Waals surface area contributed by atoms with Crippen molar-refractivity contribution in [1.82, 2.24) is 5.32 Å². The highest BCUT2D eigenvalue weighted by atomic mass is 35.5. The van der Waals surface area contributed by atoms with Gasteiger partial charge in [-0.05, 0) is 42.4 Å². The highest BCUT2D eigenvalue weighted by molar-refractivity contribution is 6.18. The third-order valence-corrected chi connectivity index (χ3v) is 3.79. The van der Waals surface area contributed by atoms with Crippen LogP contribution in [0.2, 0.25) is 0 Å². The van der Waals surface area contributed by atoms with Crippen LogP contribution in [0.3, 0.4) is 0 Å². The monoisotopic (exact) mass is 281 g/mol. The third kappa shape index (κ3) is 5.65. The maximum absolute atomic E-state index is 11.9. The van der Waals surface area contributed by atoms with E-state index in [0.717, 1.165) is 18.4 Å². The summed E-state index contributed by atoms with van der Waals surface area (Å²) in [7, 11) is 0. The minimum Gasteiger partial charge on any atom is -0.352 e. The van der Waals surface area contributed by atoms with E-state index in [1.165, 1.54) is 5.56 Å². The van der Waals surface area contributed by atoms with Crippen LogP contribution in [0, 0.1) is 5.92 Å². The highest BCUT2D eigenvalue weighted by Gasteiger charge is 2.06. The van der Waals surface area contributed by atoms with Gasteiger partial charge in [0, 0.05) is 18.0 Å². The van der Waals surface area contributed by atoms with Crippen molar-refractivity contribution in [2.24, 2.45) is 5.92 Å². The maximum atomic E-state index is 11.9. The molecule has 0 radical (unpaired) electrons. The summed E-state index contributed by atoms with van der Waals surface area (Å²) in [4.78, 5) is 11.9. The molecule has 1 aromatic carbocycles. The van der Waals surface area contributed by atoms with Gasteiger partial charge in [0.2, 0.25) is 0 Å². The first-order valence-corrected chi connectivity index (χ1v) is 7.52. The normalized spacial score (nSPS) is 12.5. The second-order valence-corrected chi connectivity index (χ2v) is 5.74. The second-order valence-electron chi connectivity index (χ2n) is 5.43. The Morgan fingerprint density at radius 2 is 1.84 bits per heavy atom. The number of carbonyl (C=O) groups excluding carboxylic acids is 1. The summed E-state index contributed by atoms with van der Waals surface area (Å²) in [5.41, 5.74) is 1.99. The lowest BCUT2D eigenvalue weighted by molar-refractivity contribution is 0.0952. The Morgan fingerprint density at radius 1 is 1.21 bits per heavy atom. The van der Waals surface area contributed by atoms with Crippen LogP contribution in [-0.2, 0) is 0 Å². The number of nitrogens with one attached hydrogen (secondary N) is 1. The first kappa shape index (κ1) is 16.0. The van der Waals surface area contributed by atoms with Crippen LogP contribution in [0.5, 0.6) is 0 Å². The van der Waals surface area contributed by atoms with E-state index in [-0.39, 0.29) is 5.91 Å².